The van der Waals surface area contributed by atoms with E-state index < -0.39 is 63.1 Å². The van der Waals surface area contributed by atoms with E-state index in [1.807, 2.05) is 0 Å². The Balaban J connectivity index is 1.55. The van der Waals surface area contributed by atoms with Crippen LogP contribution in [0.3, 0.4) is 0 Å². The number of piperazine rings is 1. The zero-order valence-corrected chi connectivity index (χ0v) is 26.7. The molecule has 1 aromatic heterocycles. The number of likely N-dealkylation sites (tertiary alicyclic amines) is 1. The van der Waals surface area contributed by atoms with Gasteiger partial charge in [0.25, 0.3) is 5.60 Å². The van der Waals surface area contributed by atoms with Gasteiger partial charge in [-0.3, -0.25) is 4.79 Å². The summed E-state index contributed by atoms with van der Waals surface area (Å²) in [5, 5.41) is 0. The molecule has 2 saturated heterocycles. The molecule has 0 aliphatic carbocycles. The average Bonchev–Trinajstić information content (AvgIpc) is 3.52. The van der Waals surface area contributed by atoms with E-state index in [1.54, 1.807) is 0 Å². The summed E-state index contributed by atoms with van der Waals surface area (Å²) < 4.78 is 132. The van der Waals surface area contributed by atoms with Crippen molar-refractivity contribution in [3.8, 4) is 0 Å². The predicted octanol–water partition coefficient (Wildman–Crippen LogP) is 4.81. The number of aromatic nitrogens is 2. The Bertz CT molecular complexity index is 1750. The highest BCUT2D eigenvalue weighted by molar-refractivity contribution is 7.92. The maximum absolute atomic E-state index is 14.5. The number of ether oxygens (including phenoxy) is 1. The zero-order chi connectivity index (χ0) is 35.8. The van der Waals surface area contributed by atoms with E-state index in [0.29, 0.717) is 12.1 Å². The van der Waals surface area contributed by atoms with Gasteiger partial charge in [-0.2, -0.15) is 26.3 Å². The molecule has 49 heavy (non-hydrogen) atoms. The Kier molecular flexibility index (Phi) is 9.68. The summed E-state index contributed by atoms with van der Waals surface area (Å²) in [6, 6.07) is 7.00. The summed E-state index contributed by atoms with van der Waals surface area (Å²) in [6.07, 6.45) is -10.3. The highest BCUT2D eigenvalue weighted by Gasteiger charge is 2.73. The topological polar surface area (TPSA) is 113 Å². The predicted molar refractivity (Wildman–Crippen MR) is 158 cm³/mol. The number of alkyl halides is 6. The van der Waals surface area contributed by atoms with Crippen LogP contribution in [0.2, 0.25) is 0 Å². The molecule has 0 N–H and O–H groups in total. The Morgan fingerprint density at radius 1 is 0.837 bits per heavy atom. The van der Waals surface area contributed by atoms with Gasteiger partial charge in [-0.15, -0.1) is 0 Å². The van der Waals surface area contributed by atoms with Crippen LogP contribution in [0.4, 0.5) is 35.5 Å². The normalized spacial score (nSPS) is 19.3. The standard InChI is InChI=1S/C31H30F7N5O5S/c1-21(44)41-14-16-42(17-15-41)27(45)43-13-11-28(19-43,49(46,47)26-8-6-24(32)7-9-26)22-2-4-23(5-3-22)29(30(33,34)35,31(36,37)38)48-18-25-10-12-39-20-40-25/h2-10,12,20H,11,13-19H2,1H3. The number of halogens is 7. The summed E-state index contributed by atoms with van der Waals surface area (Å²) >= 11 is 0. The first-order valence-electron chi connectivity index (χ1n) is 14.9. The molecule has 10 nitrogen and oxygen atoms in total. The molecule has 2 aliphatic rings. The van der Waals surface area contributed by atoms with Crippen LogP contribution in [-0.2, 0) is 36.3 Å². The summed E-state index contributed by atoms with van der Waals surface area (Å²) in [7, 11) is -4.56. The lowest BCUT2D eigenvalue weighted by Crippen LogP contribution is -2.56. The van der Waals surface area contributed by atoms with Crippen molar-refractivity contribution in [1.82, 2.24) is 24.7 Å². The van der Waals surface area contributed by atoms with E-state index in [-0.39, 0.29) is 61.2 Å². The molecule has 1 unspecified atom stereocenters. The van der Waals surface area contributed by atoms with Crippen molar-refractivity contribution < 1.29 is 53.5 Å². The van der Waals surface area contributed by atoms with Crippen LogP contribution in [0.5, 0.6) is 0 Å². The molecule has 3 heterocycles. The van der Waals surface area contributed by atoms with Crippen LogP contribution in [0, 0.1) is 5.82 Å². The van der Waals surface area contributed by atoms with Gasteiger partial charge >= 0.3 is 18.4 Å². The fourth-order valence-electron chi connectivity index (χ4n) is 6.14. The molecule has 18 heteroatoms. The van der Waals surface area contributed by atoms with Gasteiger partial charge in [0.05, 0.1) is 17.2 Å². The molecule has 2 fully saturated rings. The highest BCUT2D eigenvalue weighted by atomic mass is 32.2. The van der Waals surface area contributed by atoms with Crippen molar-refractivity contribution >= 4 is 21.8 Å². The number of carbonyl (C=O) groups is 2. The van der Waals surface area contributed by atoms with E-state index in [2.05, 4.69) is 14.7 Å². The first kappa shape index (κ1) is 36.0. The molecule has 3 amide bonds. The molecular weight excluding hydrogens is 687 g/mol. The Labute approximate surface area is 276 Å². The van der Waals surface area contributed by atoms with Crippen molar-refractivity contribution in [2.24, 2.45) is 0 Å². The summed E-state index contributed by atoms with van der Waals surface area (Å²) in [5.74, 6) is -0.927. The van der Waals surface area contributed by atoms with Crippen molar-refractivity contribution in [3.63, 3.8) is 0 Å². The maximum atomic E-state index is 14.5. The Morgan fingerprint density at radius 2 is 1.43 bits per heavy atom. The minimum Gasteiger partial charge on any atom is -0.347 e. The second-order valence-corrected chi connectivity index (χ2v) is 13.9. The molecule has 264 valence electrons. The summed E-state index contributed by atoms with van der Waals surface area (Å²) in [4.78, 5) is 36.3. The lowest BCUT2D eigenvalue weighted by Gasteiger charge is -2.38. The molecule has 2 aliphatic heterocycles. The maximum Gasteiger partial charge on any atom is 0.430 e. The van der Waals surface area contributed by atoms with Gasteiger partial charge in [0.15, 0.2) is 9.84 Å². The average molecular weight is 718 g/mol. The van der Waals surface area contributed by atoms with Gasteiger partial charge in [0, 0.05) is 58.0 Å². The Morgan fingerprint density at radius 3 is 1.96 bits per heavy atom. The van der Waals surface area contributed by atoms with Crippen LogP contribution in [0.15, 0.2) is 72.0 Å². The molecule has 1 atom stereocenters. The quantitative estimate of drug-likeness (QED) is 0.255. The van der Waals surface area contributed by atoms with Crippen molar-refractivity contribution in [2.45, 2.75) is 47.5 Å². The van der Waals surface area contributed by atoms with Gasteiger partial charge in [-0.05, 0) is 42.3 Å². The second-order valence-electron chi connectivity index (χ2n) is 11.6. The Hall–Kier alpha value is -4.32. The summed E-state index contributed by atoms with van der Waals surface area (Å²) in [6.45, 7) is 0.362. The fraction of sp³-hybridized carbons (Fsp3) is 0.419. The minimum atomic E-state index is -6.03. The lowest BCUT2D eigenvalue weighted by atomic mass is 9.88. The molecule has 0 bridgehead atoms. The number of amides is 3. The zero-order valence-electron chi connectivity index (χ0n) is 25.8. The number of benzene rings is 2. The van der Waals surface area contributed by atoms with Gasteiger partial charge in [-0.1, -0.05) is 24.3 Å². The smallest absolute Gasteiger partial charge is 0.347 e. The third-order valence-corrected chi connectivity index (χ3v) is 11.3. The van der Waals surface area contributed by atoms with Crippen LogP contribution in [0.25, 0.3) is 0 Å². The third-order valence-electron chi connectivity index (χ3n) is 8.83. The number of sulfone groups is 1. The van der Waals surface area contributed by atoms with Gasteiger partial charge in [0.1, 0.15) is 16.9 Å². The van der Waals surface area contributed by atoms with Gasteiger partial charge < -0.3 is 19.4 Å². The number of carbonyl (C=O) groups excluding carboxylic acids is 2. The van der Waals surface area contributed by atoms with Gasteiger partial charge in [0.2, 0.25) is 5.91 Å². The van der Waals surface area contributed by atoms with E-state index in [1.165, 1.54) is 21.6 Å². The number of nitrogens with zero attached hydrogens (tertiary/aromatic N) is 5. The van der Waals surface area contributed by atoms with E-state index in [9.17, 15) is 48.7 Å². The lowest BCUT2D eigenvalue weighted by molar-refractivity contribution is -0.392. The largest absolute Gasteiger partial charge is 0.430 e. The molecule has 0 radical (unpaired) electrons. The monoisotopic (exact) mass is 717 g/mol. The fourth-order valence-corrected chi connectivity index (χ4v) is 8.21. The number of hydrogen-bond donors (Lipinski definition) is 0. The molecule has 5 rings (SSSR count). The van der Waals surface area contributed by atoms with E-state index in [4.69, 9.17) is 0 Å². The van der Waals surface area contributed by atoms with E-state index >= 15 is 0 Å². The molecule has 0 saturated carbocycles. The number of hydrogen-bond acceptors (Lipinski definition) is 7. The molecule has 2 aromatic carbocycles. The van der Waals surface area contributed by atoms with Crippen molar-refractivity contribution in [2.75, 3.05) is 39.3 Å². The number of urea groups is 1. The second kappa shape index (κ2) is 13.2. The van der Waals surface area contributed by atoms with Gasteiger partial charge in [-0.25, -0.2) is 27.6 Å². The first-order chi connectivity index (χ1) is 22.9. The van der Waals surface area contributed by atoms with Crippen molar-refractivity contribution in [1.29, 1.82) is 0 Å². The molecule has 3 aromatic rings. The third kappa shape index (κ3) is 6.54. The van der Waals surface area contributed by atoms with E-state index in [0.717, 1.165) is 55.0 Å². The van der Waals surface area contributed by atoms with Crippen LogP contribution >= 0.6 is 0 Å². The molecule has 0 spiro atoms. The SMILES string of the molecule is CC(=O)N1CCN(C(=O)N2CCC(c3ccc(C(OCc4ccncn4)(C(F)(F)F)C(F)(F)F)cc3)(S(=O)(=O)c3ccc(F)cc3)C2)CC1. The van der Waals surface area contributed by atoms with Crippen LogP contribution < -0.4 is 0 Å². The van der Waals surface area contributed by atoms with Crippen LogP contribution in [-0.4, -0.2) is 96.6 Å². The minimum absolute atomic E-state index is 0.134. The number of rotatable bonds is 7. The van der Waals surface area contributed by atoms with Crippen molar-refractivity contribution in [3.05, 3.63) is 89.8 Å². The summed E-state index contributed by atoms with van der Waals surface area (Å²) in [5.41, 5.74) is -6.64. The molecular formula is C31H30F7N5O5S. The first-order valence-corrected chi connectivity index (χ1v) is 16.3. The van der Waals surface area contributed by atoms with Crippen LogP contribution in [0.1, 0.15) is 30.2 Å². The highest BCUT2D eigenvalue weighted by Crippen LogP contribution is 2.54.